The van der Waals surface area contributed by atoms with E-state index in [2.05, 4.69) is 21.6 Å². The van der Waals surface area contributed by atoms with E-state index in [0.717, 1.165) is 35.1 Å². The summed E-state index contributed by atoms with van der Waals surface area (Å²) in [5.74, 6) is -0.277. The van der Waals surface area contributed by atoms with E-state index in [-0.39, 0.29) is 18.2 Å². The summed E-state index contributed by atoms with van der Waals surface area (Å²) in [6, 6.07) is 20.7. The third kappa shape index (κ3) is 5.96. The first kappa shape index (κ1) is 26.1. The highest BCUT2D eigenvalue weighted by atomic mass is 35.5. The maximum Gasteiger partial charge on any atom is 0.276 e. The lowest BCUT2D eigenvalue weighted by Crippen LogP contribution is -2.30. The van der Waals surface area contributed by atoms with Crippen molar-refractivity contribution in [3.05, 3.63) is 110 Å². The number of halogens is 1. The Morgan fingerprint density at radius 2 is 1.84 bits per heavy atom. The standard InChI is InChI=1S/C30H30ClN3O4/c31-24-9-6-19(7-10-24)18-32-30(37)28-29(36)25-17-23(20-12-14-38-15-13-20)16-22(27(25)33-34-28)8-11-26(35)21-4-2-1-3-5-21/h1-7,9-10,16-17,20,26,35H,8,11-15,18H2,(H,32,37)(H,33,36). The number of hydrogen-bond donors (Lipinski definition) is 3. The van der Waals surface area contributed by atoms with Gasteiger partial charge in [-0.1, -0.05) is 60.1 Å². The van der Waals surface area contributed by atoms with Crippen molar-refractivity contribution in [2.75, 3.05) is 13.2 Å². The highest BCUT2D eigenvalue weighted by molar-refractivity contribution is 6.30. The Morgan fingerprint density at radius 1 is 1.11 bits per heavy atom. The minimum absolute atomic E-state index is 0.175. The molecule has 2 heterocycles. The number of carbonyl (C=O) groups is 1. The second-order valence-corrected chi connectivity index (χ2v) is 10.1. The van der Waals surface area contributed by atoms with Crippen molar-refractivity contribution in [1.29, 1.82) is 0 Å². The van der Waals surface area contributed by atoms with Crippen LogP contribution in [0.25, 0.3) is 10.9 Å². The molecule has 7 nitrogen and oxygen atoms in total. The Kier molecular flexibility index (Phi) is 8.17. The van der Waals surface area contributed by atoms with Crippen molar-refractivity contribution in [2.45, 2.75) is 44.2 Å². The minimum atomic E-state index is -0.629. The number of aliphatic hydroxyl groups is 1. The van der Waals surface area contributed by atoms with Gasteiger partial charge in [0.1, 0.15) is 0 Å². The van der Waals surface area contributed by atoms with Crippen molar-refractivity contribution < 1.29 is 14.6 Å². The van der Waals surface area contributed by atoms with Crippen LogP contribution >= 0.6 is 11.6 Å². The third-order valence-electron chi connectivity index (χ3n) is 7.13. The summed E-state index contributed by atoms with van der Waals surface area (Å²) in [7, 11) is 0. The molecular formula is C30H30ClN3O4. The van der Waals surface area contributed by atoms with E-state index in [4.69, 9.17) is 16.3 Å². The fourth-order valence-electron chi connectivity index (χ4n) is 4.95. The average molecular weight is 532 g/mol. The summed E-state index contributed by atoms with van der Waals surface area (Å²) < 4.78 is 5.54. The van der Waals surface area contributed by atoms with Crippen molar-refractivity contribution in [1.82, 2.24) is 15.5 Å². The summed E-state index contributed by atoms with van der Waals surface area (Å²) in [6.45, 7) is 1.60. The number of aryl methyl sites for hydroxylation is 1. The number of aromatic amines is 1. The molecule has 4 aromatic rings. The predicted molar refractivity (Wildman–Crippen MR) is 148 cm³/mol. The first-order valence-electron chi connectivity index (χ1n) is 12.9. The SMILES string of the molecule is O=C(NCc1ccc(Cl)cc1)c1n[nH]c2c(CCC(O)c3ccccc3)cc(C3CCOCC3)cc2c1=O. The third-order valence-corrected chi connectivity index (χ3v) is 7.38. The van der Waals surface area contributed by atoms with Crippen LogP contribution in [0.4, 0.5) is 0 Å². The van der Waals surface area contributed by atoms with Crippen molar-refractivity contribution >= 4 is 28.4 Å². The molecule has 1 amide bonds. The van der Waals surface area contributed by atoms with Crippen LogP contribution in [0.15, 0.2) is 71.5 Å². The van der Waals surface area contributed by atoms with Gasteiger partial charge in [-0.15, -0.1) is 0 Å². The second-order valence-electron chi connectivity index (χ2n) is 9.66. The van der Waals surface area contributed by atoms with Crippen LogP contribution in [0.1, 0.15) is 64.0 Å². The van der Waals surface area contributed by atoms with Crippen LogP contribution < -0.4 is 10.7 Å². The molecule has 1 unspecified atom stereocenters. The van der Waals surface area contributed by atoms with E-state index in [1.807, 2.05) is 48.5 Å². The Balaban J connectivity index is 1.45. The lowest BCUT2D eigenvalue weighted by atomic mass is 9.88. The number of benzene rings is 3. The van der Waals surface area contributed by atoms with E-state index in [0.29, 0.717) is 42.0 Å². The largest absolute Gasteiger partial charge is 0.388 e. The van der Waals surface area contributed by atoms with Crippen LogP contribution in [0.3, 0.4) is 0 Å². The molecule has 196 valence electrons. The maximum atomic E-state index is 13.5. The molecule has 38 heavy (non-hydrogen) atoms. The monoisotopic (exact) mass is 531 g/mol. The maximum absolute atomic E-state index is 13.5. The zero-order valence-corrected chi connectivity index (χ0v) is 21.7. The molecular weight excluding hydrogens is 502 g/mol. The number of aromatic nitrogens is 2. The summed E-state index contributed by atoms with van der Waals surface area (Å²) >= 11 is 5.94. The number of ether oxygens (including phenoxy) is 1. The molecule has 1 aliphatic heterocycles. The van der Waals surface area contributed by atoms with Gasteiger partial charge >= 0.3 is 0 Å². The van der Waals surface area contributed by atoms with Crippen LogP contribution in [-0.2, 0) is 17.7 Å². The van der Waals surface area contributed by atoms with Crippen LogP contribution in [-0.4, -0.2) is 34.4 Å². The van der Waals surface area contributed by atoms with Gasteiger partial charge in [0, 0.05) is 24.8 Å². The van der Waals surface area contributed by atoms with Crippen LogP contribution in [0, 0.1) is 0 Å². The number of hydrogen-bond acceptors (Lipinski definition) is 5. The van der Waals surface area contributed by atoms with E-state index in [9.17, 15) is 14.7 Å². The number of aliphatic hydroxyl groups excluding tert-OH is 1. The van der Waals surface area contributed by atoms with Crippen LogP contribution in [0.2, 0.25) is 5.02 Å². The molecule has 1 fully saturated rings. The molecule has 0 saturated carbocycles. The van der Waals surface area contributed by atoms with Gasteiger partial charge in [-0.05, 0) is 72.1 Å². The zero-order chi connectivity index (χ0) is 26.5. The lowest BCUT2D eigenvalue weighted by molar-refractivity contribution is 0.0853. The molecule has 8 heteroatoms. The smallest absolute Gasteiger partial charge is 0.276 e. The first-order chi connectivity index (χ1) is 18.5. The highest BCUT2D eigenvalue weighted by Crippen LogP contribution is 2.31. The first-order valence-corrected chi connectivity index (χ1v) is 13.3. The summed E-state index contributed by atoms with van der Waals surface area (Å²) in [5, 5.41) is 21.7. The Morgan fingerprint density at radius 3 is 2.58 bits per heavy atom. The van der Waals surface area contributed by atoms with Crippen molar-refractivity contribution in [3.63, 3.8) is 0 Å². The molecule has 1 aliphatic rings. The fraction of sp³-hybridized carbons (Fsp3) is 0.300. The highest BCUT2D eigenvalue weighted by Gasteiger charge is 2.22. The molecule has 3 aromatic carbocycles. The van der Waals surface area contributed by atoms with Gasteiger partial charge < -0.3 is 15.2 Å². The second kappa shape index (κ2) is 11.9. The molecule has 0 spiro atoms. The summed E-state index contributed by atoms with van der Waals surface area (Å²) in [6.07, 6.45) is 2.14. The fourth-order valence-corrected chi connectivity index (χ4v) is 5.07. The quantitative estimate of drug-likeness (QED) is 0.294. The van der Waals surface area contributed by atoms with Gasteiger partial charge in [0.15, 0.2) is 5.69 Å². The Labute approximate surface area is 225 Å². The predicted octanol–water partition coefficient (Wildman–Crippen LogP) is 5.07. The molecule has 0 aliphatic carbocycles. The van der Waals surface area contributed by atoms with Gasteiger partial charge in [-0.3, -0.25) is 14.7 Å². The van der Waals surface area contributed by atoms with E-state index < -0.39 is 17.4 Å². The molecule has 5 rings (SSSR count). The topological polar surface area (TPSA) is 104 Å². The van der Waals surface area contributed by atoms with Crippen LogP contribution in [0.5, 0.6) is 0 Å². The Hall–Kier alpha value is -3.52. The van der Waals surface area contributed by atoms with Gasteiger partial charge in [-0.2, -0.15) is 5.10 Å². The number of nitrogens with zero attached hydrogens (tertiary/aromatic N) is 1. The number of amides is 1. The van der Waals surface area contributed by atoms with E-state index in [1.54, 1.807) is 12.1 Å². The molecule has 1 saturated heterocycles. The molecule has 1 atom stereocenters. The lowest BCUT2D eigenvalue weighted by Gasteiger charge is -2.23. The number of fused-ring (bicyclic) bond motifs is 1. The number of nitrogens with one attached hydrogen (secondary N) is 2. The minimum Gasteiger partial charge on any atom is -0.388 e. The zero-order valence-electron chi connectivity index (χ0n) is 21.0. The Bertz CT molecular complexity index is 1470. The van der Waals surface area contributed by atoms with Gasteiger partial charge in [-0.25, -0.2) is 0 Å². The van der Waals surface area contributed by atoms with Gasteiger partial charge in [0.05, 0.1) is 17.0 Å². The molecule has 0 bridgehead atoms. The number of H-pyrrole nitrogens is 1. The molecule has 3 N–H and O–H groups in total. The normalized spacial score (nSPS) is 14.9. The van der Waals surface area contributed by atoms with E-state index in [1.165, 1.54) is 0 Å². The molecule has 0 radical (unpaired) electrons. The molecule has 1 aromatic heterocycles. The average Bonchev–Trinajstić information content (AvgIpc) is 2.96. The van der Waals surface area contributed by atoms with Crippen molar-refractivity contribution in [2.24, 2.45) is 0 Å². The van der Waals surface area contributed by atoms with Gasteiger partial charge in [0.25, 0.3) is 5.91 Å². The summed E-state index contributed by atoms with van der Waals surface area (Å²) in [4.78, 5) is 26.5. The van der Waals surface area contributed by atoms with Gasteiger partial charge in [0.2, 0.25) is 5.43 Å². The van der Waals surface area contributed by atoms with Crippen molar-refractivity contribution in [3.8, 4) is 0 Å². The summed E-state index contributed by atoms with van der Waals surface area (Å²) in [5.41, 5.74) is 3.67. The number of carbonyl (C=O) groups excluding carboxylic acids is 1. The number of rotatable bonds is 8. The van der Waals surface area contributed by atoms with E-state index >= 15 is 0 Å².